The number of piperidine rings is 1. The Bertz CT molecular complexity index is 426. The van der Waals surface area contributed by atoms with Crippen molar-refractivity contribution >= 4 is 12.0 Å². The van der Waals surface area contributed by atoms with Crippen LogP contribution < -0.4 is 10.2 Å². The molecule has 0 saturated carbocycles. The lowest BCUT2D eigenvalue weighted by atomic mass is 9.92. The average Bonchev–Trinajstić information content (AvgIpc) is 2.47. The van der Waals surface area contributed by atoms with Crippen molar-refractivity contribution in [3.05, 3.63) is 29.8 Å². The van der Waals surface area contributed by atoms with Gasteiger partial charge in [-0.25, -0.2) is 0 Å². The summed E-state index contributed by atoms with van der Waals surface area (Å²) < 4.78 is 0. The van der Waals surface area contributed by atoms with E-state index in [4.69, 9.17) is 0 Å². The van der Waals surface area contributed by atoms with E-state index in [9.17, 15) is 4.79 Å². The van der Waals surface area contributed by atoms with E-state index in [1.807, 2.05) is 0 Å². The van der Waals surface area contributed by atoms with Crippen LogP contribution in [0.25, 0.3) is 0 Å². The van der Waals surface area contributed by atoms with Gasteiger partial charge in [-0.15, -0.1) is 0 Å². The van der Waals surface area contributed by atoms with Crippen molar-refractivity contribution in [2.45, 2.75) is 37.8 Å². The third-order valence-electron chi connectivity index (χ3n) is 4.20. The second-order valence-corrected chi connectivity index (χ2v) is 5.26. The van der Waals surface area contributed by atoms with Crippen LogP contribution in [-0.2, 0) is 11.2 Å². The van der Waals surface area contributed by atoms with Crippen molar-refractivity contribution in [3.63, 3.8) is 0 Å². The summed E-state index contributed by atoms with van der Waals surface area (Å²) in [6.45, 7) is 2.13. The molecule has 0 amide bonds. The summed E-state index contributed by atoms with van der Waals surface area (Å²) in [6.07, 6.45) is 5.40. The fourth-order valence-electron chi connectivity index (χ4n) is 3.28. The van der Waals surface area contributed by atoms with Crippen LogP contribution in [0.5, 0.6) is 0 Å². The standard InChI is InChI=1S/C15H20N2O/c18-11-14-6-5-12-3-1-2-4-15(12)17(14)13-7-9-16-10-8-13/h1-4,11,13-14,16H,5-10H2. The van der Waals surface area contributed by atoms with Crippen LogP contribution in [0.3, 0.4) is 0 Å². The zero-order valence-corrected chi connectivity index (χ0v) is 10.6. The van der Waals surface area contributed by atoms with E-state index in [1.54, 1.807) is 0 Å². The van der Waals surface area contributed by atoms with Gasteiger partial charge in [0.25, 0.3) is 0 Å². The lowest BCUT2D eigenvalue weighted by Crippen LogP contribution is -2.51. The molecule has 1 atom stereocenters. The monoisotopic (exact) mass is 244 g/mol. The summed E-state index contributed by atoms with van der Waals surface area (Å²) in [5, 5.41) is 3.40. The van der Waals surface area contributed by atoms with Crippen LogP contribution >= 0.6 is 0 Å². The van der Waals surface area contributed by atoms with Crippen LogP contribution in [0.1, 0.15) is 24.8 Å². The van der Waals surface area contributed by atoms with Crippen LogP contribution in [0.2, 0.25) is 0 Å². The number of hydrogen-bond acceptors (Lipinski definition) is 3. The van der Waals surface area contributed by atoms with Gasteiger partial charge in [-0.3, -0.25) is 0 Å². The van der Waals surface area contributed by atoms with Crippen LogP contribution in [0.4, 0.5) is 5.69 Å². The van der Waals surface area contributed by atoms with Gasteiger partial charge in [0.05, 0.1) is 6.04 Å². The van der Waals surface area contributed by atoms with E-state index in [0.717, 1.165) is 45.1 Å². The first-order chi connectivity index (χ1) is 8.90. The predicted molar refractivity (Wildman–Crippen MR) is 73.0 cm³/mol. The molecule has 0 spiro atoms. The number of aryl methyl sites for hydroxylation is 1. The number of benzene rings is 1. The molecule has 2 aliphatic heterocycles. The van der Waals surface area contributed by atoms with Crippen molar-refractivity contribution in [1.82, 2.24) is 5.32 Å². The summed E-state index contributed by atoms with van der Waals surface area (Å²) in [4.78, 5) is 13.7. The van der Waals surface area contributed by atoms with E-state index in [0.29, 0.717) is 6.04 Å². The lowest BCUT2D eigenvalue weighted by Gasteiger charge is -2.43. The van der Waals surface area contributed by atoms with Gasteiger partial charge in [0.2, 0.25) is 0 Å². The molecule has 0 bridgehead atoms. The summed E-state index contributed by atoms with van der Waals surface area (Å²) in [5.41, 5.74) is 2.68. The maximum absolute atomic E-state index is 11.4. The fourth-order valence-corrected chi connectivity index (χ4v) is 3.28. The first-order valence-corrected chi connectivity index (χ1v) is 6.92. The first-order valence-electron chi connectivity index (χ1n) is 6.92. The van der Waals surface area contributed by atoms with E-state index >= 15 is 0 Å². The topological polar surface area (TPSA) is 32.3 Å². The first kappa shape index (κ1) is 11.7. The average molecular weight is 244 g/mol. The Balaban J connectivity index is 1.94. The smallest absolute Gasteiger partial charge is 0.142 e. The maximum Gasteiger partial charge on any atom is 0.142 e. The molecule has 3 rings (SSSR count). The van der Waals surface area contributed by atoms with E-state index in [1.165, 1.54) is 11.3 Å². The molecule has 3 heteroatoms. The summed E-state index contributed by atoms with van der Waals surface area (Å²) in [7, 11) is 0. The van der Waals surface area contributed by atoms with Gasteiger partial charge in [0.15, 0.2) is 0 Å². The molecule has 18 heavy (non-hydrogen) atoms. The number of anilines is 1. The van der Waals surface area contributed by atoms with E-state index < -0.39 is 0 Å². The highest BCUT2D eigenvalue weighted by Crippen LogP contribution is 2.33. The summed E-state index contributed by atoms with van der Waals surface area (Å²) in [5.74, 6) is 0. The summed E-state index contributed by atoms with van der Waals surface area (Å²) >= 11 is 0. The number of hydrogen-bond donors (Lipinski definition) is 1. The minimum absolute atomic E-state index is 0.0722. The highest BCUT2D eigenvalue weighted by Gasteiger charge is 2.31. The molecule has 0 aromatic heterocycles. The van der Waals surface area contributed by atoms with Crippen molar-refractivity contribution in [1.29, 1.82) is 0 Å². The Morgan fingerprint density at radius 3 is 2.72 bits per heavy atom. The quantitative estimate of drug-likeness (QED) is 0.805. The van der Waals surface area contributed by atoms with Crippen molar-refractivity contribution in [2.24, 2.45) is 0 Å². The van der Waals surface area contributed by atoms with Gasteiger partial charge in [-0.2, -0.15) is 0 Å². The molecule has 1 aromatic rings. The number of para-hydroxylation sites is 1. The number of carbonyl (C=O) groups is 1. The van der Waals surface area contributed by atoms with Crippen molar-refractivity contribution < 1.29 is 4.79 Å². The van der Waals surface area contributed by atoms with Crippen molar-refractivity contribution in [3.8, 4) is 0 Å². The van der Waals surface area contributed by atoms with Crippen LogP contribution in [0, 0.1) is 0 Å². The SMILES string of the molecule is O=CC1CCc2ccccc2N1C1CCNCC1. The molecule has 1 N–H and O–H groups in total. The summed E-state index contributed by atoms with van der Waals surface area (Å²) in [6, 6.07) is 9.14. The van der Waals surface area contributed by atoms with E-state index in [2.05, 4.69) is 34.5 Å². The third kappa shape index (κ3) is 2.03. The number of aldehydes is 1. The second kappa shape index (κ2) is 5.11. The number of nitrogens with zero attached hydrogens (tertiary/aromatic N) is 1. The molecule has 3 nitrogen and oxygen atoms in total. The number of carbonyl (C=O) groups excluding carboxylic acids is 1. The van der Waals surface area contributed by atoms with Gasteiger partial charge in [-0.1, -0.05) is 18.2 Å². The predicted octanol–water partition coefficient (Wildman–Crippen LogP) is 1.76. The zero-order chi connectivity index (χ0) is 12.4. The maximum atomic E-state index is 11.4. The molecule has 1 fully saturated rings. The fraction of sp³-hybridized carbons (Fsp3) is 0.533. The van der Waals surface area contributed by atoms with Crippen LogP contribution in [-0.4, -0.2) is 31.5 Å². The molecule has 0 radical (unpaired) electrons. The normalized spacial score (nSPS) is 24.7. The largest absolute Gasteiger partial charge is 0.358 e. The number of rotatable bonds is 2. The highest BCUT2D eigenvalue weighted by atomic mass is 16.1. The Labute approximate surface area is 108 Å². The van der Waals surface area contributed by atoms with Crippen molar-refractivity contribution in [2.75, 3.05) is 18.0 Å². The second-order valence-electron chi connectivity index (χ2n) is 5.26. The molecular formula is C15H20N2O. The molecule has 1 unspecified atom stereocenters. The van der Waals surface area contributed by atoms with Gasteiger partial charge >= 0.3 is 0 Å². The molecule has 1 saturated heterocycles. The van der Waals surface area contributed by atoms with Gasteiger partial charge in [0.1, 0.15) is 6.29 Å². The molecular weight excluding hydrogens is 224 g/mol. The zero-order valence-electron chi connectivity index (χ0n) is 10.6. The molecule has 96 valence electrons. The Kier molecular flexibility index (Phi) is 3.33. The van der Waals surface area contributed by atoms with Gasteiger partial charge in [-0.05, 0) is 50.4 Å². The Morgan fingerprint density at radius 2 is 1.94 bits per heavy atom. The Hall–Kier alpha value is -1.35. The molecule has 0 aliphatic carbocycles. The molecule has 2 aliphatic rings. The molecule has 2 heterocycles. The molecule has 1 aromatic carbocycles. The van der Waals surface area contributed by atoms with E-state index in [-0.39, 0.29) is 6.04 Å². The Morgan fingerprint density at radius 1 is 1.17 bits per heavy atom. The minimum Gasteiger partial charge on any atom is -0.358 e. The number of nitrogens with one attached hydrogen (secondary N) is 1. The van der Waals surface area contributed by atoms with Crippen LogP contribution in [0.15, 0.2) is 24.3 Å². The highest BCUT2D eigenvalue weighted by molar-refractivity contribution is 5.70. The van der Waals surface area contributed by atoms with Gasteiger partial charge < -0.3 is 15.0 Å². The van der Waals surface area contributed by atoms with Gasteiger partial charge in [0, 0.05) is 11.7 Å². The lowest BCUT2D eigenvalue weighted by molar-refractivity contribution is -0.109. The minimum atomic E-state index is 0.0722. The number of fused-ring (bicyclic) bond motifs is 1. The third-order valence-corrected chi connectivity index (χ3v) is 4.20.